The van der Waals surface area contributed by atoms with Gasteiger partial charge in [0.2, 0.25) is 0 Å². The third-order valence-corrected chi connectivity index (χ3v) is 6.34. The van der Waals surface area contributed by atoms with Crippen LogP contribution in [0.2, 0.25) is 15.1 Å². The molecule has 0 amide bonds. The summed E-state index contributed by atoms with van der Waals surface area (Å²) in [4.78, 5) is 1.51. The summed E-state index contributed by atoms with van der Waals surface area (Å²) in [5.74, 6) is 0. The van der Waals surface area contributed by atoms with Gasteiger partial charge in [-0.2, -0.15) is 0 Å². The van der Waals surface area contributed by atoms with Crippen molar-refractivity contribution in [2.45, 2.75) is 38.3 Å². The maximum Gasteiger partial charge on any atom is 0.0781 e. The van der Waals surface area contributed by atoms with Crippen LogP contribution in [0, 0.1) is 0 Å². The number of rotatable bonds is 3. The number of hydrogen-bond acceptors (Lipinski definition) is 2. The van der Waals surface area contributed by atoms with Crippen LogP contribution in [0.5, 0.6) is 0 Å². The Kier molecular flexibility index (Phi) is 4.82. The van der Waals surface area contributed by atoms with Crippen LogP contribution in [0.1, 0.15) is 47.9 Å². The lowest BCUT2D eigenvalue weighted by atomic mass is 9.93. The maximum absolute atomic E-state index is 6.34. The first-order chi connectivity index (χ1) is 10.1. The predicted octanol–water partition coefficient (Wildman–Crippen LogP) is 6.44. The monoisotopic (exact) mass is 359 g/mol. The zero-order valence-electron chi connectivity index (χ0n) is 11.6. The summed E-state index contributed by atoms with van der Waals surface area (Å²) < 4.78 is 0. The fraction of sp³-hybridized carbons (Fsp3) is 0.375. The number of halogens is 3. The van der Waals surface area contributed by atoms with Crippen LogP contribution >= 0.6 is 46.1 Å². The quantitative estimate of drug-likeness (QED) is 0.621. The highest BCUT2D eigenvalue weighted by Crippen LogP contribution is 2.38. The molecule has 1 heterocycles. The largest absolute Gasteiger partial charge is 0.303 e. The van der Waals surface area contributed by atoms with E-state index in [9.17, 15) is 0 Å². The van der Waals surface area contributed by atoms with Crippen LogP contribution in [0.3, 0.4) is 0 Å². The van der Waals surface area contributed by atoms with Gasteiger partial charge in [0.1, 0.15) is 0 Å². The number of fused-ring (bicyclic) bond motifs is 1. The molecule has 0 fully saturated rings. The maximum atomic E-state index is 6.34. The van der Waals surface area contributed by atoms with Crippen molar-refractivity contribution >= 4 is 46.1 Å². The molecule has 0 saturated heterocycles. The molecule has 2 atom stereocenters. The van der Waals surface area contributed by atoms with Gasteiger partial charge in [-0.05, 0) is 54.8 Å². The molecular weight excluding hydrogens is 345 g/mol. The van der Waals surface area contributed by atoms with Gasteiger partial charge >= 0.3 is 0 Å². The van der Waals surface area contributed by atoms with E-state index in [-0.39, 0.29) is 6.04 Å². The summed E-state index contributed by atoms with van der Waals surface area (Å²) >= 11 is 20.3. The van der Waals surface area contributed by atoms with Crippen LogP contribution in [0.4, 0.5) is 0 Å². The summed E-state index contributed by atoms with van der Waals surface area (Å²) in [7, 11) is 0. The van der Waals surface area contributed by atoms with Gasteiger partial charge in [0.05, 0.1) is 15.1 Å². The number of benzene rings is 1. The highest BCUT2D eigenvalue weighted by molar-refractivity contribution is 7.10. The fourth-order valence-corrected chi connectivity index (χ4v) is 4.62. The third kappa shape index (κ3) is 3.11. The zero-order valence-corrected chi connectivity index (χ0v) is 14.7. The van der Waals surface area contributed by atoms with Gasteiger partial charge < -0.3 is 5.32 Å². The van der Waals surface area contributed by atoms with Crippen molar-refractivity contribution in [2.24, 2.45) is 0 Å². The molecule has 2 aromatic rings. The van der Waals surface area contributed by atoms with Crippen molar-refractivity contribution in [3.05, 3.63) is 54.7 Å². The molecule has 21 heavy (non-hydrogen) atoms. The number of hydrogen-bond donors (Lipinski definition) is 1. The van der Waals surface area contributed by atoms with Crippen LogP contribution in [0.25, 0.3) is 0 Å². The Hall–Kier alpha value is -0.250. The summed E-state index contributed by atoms with van der Waals surface area (Å²) in [6, 6.07) is 6.51. The van der Waals surface area contributed by atoms with Crippen molar-refractivity contribution in [2.75, 3.05) is 0 Å². The van der Waals surface area contributed by atoms with Crippen molar-refractivity contribution in [1.29, 1.82) is 0 Å². The van der Waals surface area contributed by atoms with Crippen molar-refractivity contribution in [1.82, 2.24) is 5.32 Å². The minimum Gasteiger partial charge on any atom is -0.303 e. The van der Waals surface area contributed by atoms with Gasteiger partial charge in [0, 0.05) is 17.0 Å². The Bertz CT molecular complexity index is 653. The average Bonchev–Trinajstić information content (AvgIpc) is 2.94. The molecule has 1 N–H and O–H groups in total. The van der Waals surface area contributed by atoms with Crippen LogP contribution in [0.15, 0.2) is 23.6 Å². The Morgan fingerprint density at radius 1 is 1.19 bits per heavy atom. The molecule has 0 spiro atoms. The first kappa shape index (κ1) is 15.6. The second-order valence-electron chi connectivity index (χ2n) is 5.40. The minimum atomic E-state index is 0.128. The Morgan fingerprint density at radius 3 is 2.81 bits per heavy atom. The van der Waals surface area contributed by atoms with Crippen molar-refractivity contribution in [3.8, 4) is 0 Å². The molecular formula is C16H16Cl3NS. The Labute approximate surface area is 144 Å². The second-order valence-corrected chi connectivity index (χ2v) is 7.56. The van der Waals surface area contributed by atoms with E-state index in [1.165, 1.54) is 23.3 Å². The molecule has 5 heteroatoms. The van der Waals surface area contributed by atoms with Crippen LogP contribution in [-0.2, 0) is 6.42 Å². The number of aryl methyl sites for hydroxylation is 1. The molecule has 0 aliphatic heterocycles. The van der Waals surface area contributed by atoms with Crippen LogP contribution < -0.4 is 5.32 Å². The van der Waals surface area contributed by atoms with E-state index in [0.717, 1.165) is 12.0 Å². The molecule has 0 bridgehead atoms. The van der Waals surface area contributed by atoms with Gasteiger partial charge in [-0.1, -0.05) is 40.9 Å². The van der Waals surface area contributed by atoms with Gasteiger partial charge in [-0.3, -0.25) is 0 Å². The summed E-state index contributed by atoms with van der Waals surface area (Å²) in [5.41, 5.74) is 2.43. The van der Waals surface area contributed by atoms with E-state index in [1.807, 2.05) is 17.4 Å². The fourth-order valence-electron chi connectivity index (χ4n) is 2.93. The van der Waals surface area contributed by atoms with Crippen molar-refractivity contribution < 1.29 is 0 Å². The van der Waals surface area contributed by atoms with Crippen molar-refractivity contribution in [3.63, 3.8) is 0 Å². The Morgan fingerprint density at radius 2 is 2.00 bits per heavy atom. The molecule has 0 saturated carbocycles. The highest BCUT2D eigenvalue weighted by Gasteiger charge is 2.24. The van der Waals surface area contributed by atoms with Gasteiger partial charge in [0.15, 0.2) is 0 Å². The first-order valence-electron chi connectivity index (χ1n) is 7.03. The lowest BCUT2D eigenvalue weighted by Crippen LogP contribution is -2.27. The molecule has 0 radical (unpaired) electrons. The van der Waals surface area contributed by atoms with E-state index < -0.39 is 0 Å². The average molecular weight is 361 g/mol. The molecule has 1 nitrogen and oxygen atoms in total. The lowest BCUT2D eigenvalue weighted by Gasteiger charge is -2.28. The second kappa shape index (κ2) is 6.47. The molecule has 2 unspecified atom stereocenters. The summed E-state index contributed by atoms with van der Waals surface area (Å²) in [6.07, 6.45) is 3.59. The molecule has 1 aliphatic rings. The molecule has 3 rings (SSSR count). The van der Waals surface area contributed by atoms with Gasteiger partial charge in [0.25, 0.3) is 0 Å². The first-order valence-corrected chi connectivity index (χ1v) is 9.05. The smallest absolute Gasteiger partial charge is 0.0781 e. The Balaban J connectivity index is 1.82. The van der Waals surface area contributed by atoms with E-state index in [2.05, 4.69) is 23.7 Å². The van der Waals surface area contributed by atoms with Crippen LogP contribution in [-0.4, -0.2) is 0 Å². The summed E-state index contributed by atoms with van der Waals surface area (Å²) in [5, 5.41) is 7.34. The highest BCUT2D eigenvalue weighted by atomic mass is 35.5. The SMILES string of the molecule is CC(NC1CCCc2sccc21)c1ccc(Cl)c(Cl)c1Cl. The van der Waals surface area contributed by atoms with Gasteiger partial charge in [-0.25, -0.2) is 0 Å². The normalized spacial score (nSPS) is 19.3. The summed E-state index contributed by atoms with van der Waals surface area (Å²) in [6.45, 7) is 2.12. The zero-order chi connectivity index (χ0) is 15.0. The van der Waals surface area contributed by atoms with E-state index >= 15 is 0 Å². The lowest BCUT2D eigenvalue weighted by molar-refractivity contribution is 0.418. The molecule has 1 aromatic heterocycles. The van der Waals surface area contributed by atoms with Gasteiger partial charge in [-0.15, -0.1) is 11.3 Å². The predicted molar refractivity (Wildman–Crippen MR) is 93.0 cm³/mol. The number of nitrogens with one attached hydrogen (secondary N) is 1. The molecule has 1 aliphatic carbocycles. The topological polar surface area (TPSA) is 12.0 Å². The van der Waals surface area contributed by atoms with E-state index in [1.54, 1.807) is 6.07 Å². The third-order valence-electron chi connectivity index (χ3n) is 4.03. The minimum absolute atomic E-state index is 0.128. The molecule has 1 aromatic carbocycles. The van der Waals surface area contributed by atoms with E-state index in [0.29, 0.717) is 21.1 Å². The number of thiophene rings is 1. The standard InChI is InChI=1S/C16H16Cl3NS/c1-9(10-5-6-12(17)16(19)15(10)18)20-13-3-2-4-14-11(13)7-8-21-14/h5-9,13,20H,2-4H2,1H3. The van der Waals surface area contributed by atoms with E-state index in [4.69, 9.17) is 34.8 Å². The molecule has 112 valence electrons.